The lowest BCUT2D eigenvalue weighted by atomic mass is 10.1. The van der Waals surface area contributed by atoms with Gasteiger partial charge in [-0.2, -0.15) is 0 Å². The third-order valence-corrected chi connectivity index (χ3v) is 2.33. The Morgan fingerprint density at radius 2 is 2.29 bits per heavy atom. The van der Waals surface area contributed by atoms with Crippen molar-refractivity contribution in [2.75, 3.05) is 5.32 Å². The van der Waals surface area contributed by atoms with Crippen LogP contribution in [0.25, 0.3) is 0 Å². The van der Waals surface area contributed by atoms with E-state index in [2.05, 4.69) is 5.32 Å². The van der Waals surface area contributed by atoms with Crippen LogP contribution < -0.4 is 10.1 Å². The van der Waals surface area contributed by atoms with Crippen molar-refractivity contribution in [1.82, 2.24) is 0 Å². The normalized spacial score (nSPS) is 19.6. The summed E-state index contributed by atoms with van der Waals surface area (Å²) in [7, 11) is 0. The van der Waals surface area contributed by atoms with Gasteiger partial charge in [-0.3, -0.25) is 4.79 Å². The monoisotopic (exact) mass is 191 g/mol. The van der Waals surface area contributed by atoms with E-state index in [0.29, 0.717) is 6.42 Å². The van der Waals surface area contributed by atoms with Crippen LogP contribution in [-0.2, 0) is 4.79 Å². The first-order valence-corrected chi connectivity index (χ1v) is 4.79. The highest BCUT2D eigenvalue weighted by Gasteiger charge is 2.25. The lowest BCUT2D eigenvalue weighted by Gasteiger charge is -2.25. The molecule has 1 N–H and O–H groups in total. The first-order chi connectivity index (χ1) is 6.70. The second-order valence-corrected chi connectivity index (χ2v) is 3.50. The molecule has 1 aliphatic rings. The van der Waals surface area contributed by atoms with Gasteiger partial charge in [-0.1, -0.05) is 13.0 Å². The highest BCUT2D eigenvalue weighted by atomic mass is 16.5. The summed E-state index contributed by atoms with van der Waals surface area (Å²) in [4.78, 5) is 11.5. The SMILES string of the molecule is CCC1Oc2ccc(C)cc2NC1=O. The predicted molar refractivity (Wildman–Crippen MR) is 54.5 cm³/mol. The van der Waals surface area contributed by atoms with Crippen LogP contribution in [0.4, 0.5) is 5.69 Å². The molecule has 3 nitrogen and oxygen atoms in total. The van der Waals surface area contributed by atoms with Gasteiger partial charge in [0.05, 0.1) is 5.69 Å². The van der Waals surface area contributed by atoms with E-state index in [9.17, 15) is 4.79 Å². The molecule has 3 heteroatoms. The minimum atomic E-state index is -0.342. The van der Waals surface area contributed by atoms with Crippen molar-refractivity contribution >= 4 is 11.6 Å². The van der Waals surface area contributed by atoms with Gasteiger partial charge in [-0.05, 0) is 31.0 Å². The van der Waals surface area contributed by atoms with Gasteiger partial charge < -0.3 is 10.1 Å². The number of anilines is 1. The summed E-state index contributed by atoms with van der Waals surface area (Å²) < 4.78 is 5.54. The van der Waals surface area contributed by atoms with Crippen LogP contribution in [0.5, 0.6) is 5.75 Å². The zero-order chi connectivity index (χ0) is 10.1. The molecule has 0 bridgehead atoms. The molecule has 1 amide bonds. The zero-order valence-electron chi connectivity index (χ0n) is 8.33. The predicted octanol–water partition coefficient (Wildman–Crippen LogP) is 2.10. The molecule has 0 aromatic heterocycles. The van der Waals surface area contributed by atoms with Crippen molar-refractivity contribution in [3.63, 3.8) is 0 Å². The average Bonchev–Trinajstić information content (AvgIpc) is 2.16. The Morgan fingerprint density at radius 3 is 3.00 bits per heavy atom. The molecule has 74 valence electrons. The molecule has 1 unspecified atom stereocenters. The van der Waals surface area contributed by atoms with Crippen LogP contribution in [0, 0.1) is 6.92 Å². The highest BCUT2D eigenvalue weighted by Crippen LogP contribution is 2.30. The lowest BCUT2D eigenvalue weighted by Crippen LogP contribution is -2.36. The zero-order valence-corrected chi connectivity index (χ0v) is 8.33. The van der Waals surface area contributed by atoms with E-state index >= 15 is 0 Å². The fraction of sp³-hybridized carbons (Fsp3) is 0.364. The largest absolute Gasteiger partial charge is 0.478 e. The second-order valence-electron chi connectivity index (χ2n) is 3.50. The molecular formula is C11H13NO2. The van der Waals surface area contributed by atoms with Gasteiger partial charge in [-0.25, -0.2) is 0 Å². The summed E-state index contributed by atoms with van der Waals surface area (Å²) in [6, 6.07) is 5.79. The average molecular weight is 191 g/mol. The Kier molecular flexibility index (Phi) is 2.15. The number of aryl methyl sites for hydroxylation is 1. The summed E-state index contributed by atoms with van der Waals surface area (Å²) in [5.74, 6) is 0.715. The fourth-order valence-electron chi connectivity index (χ4n) is 1.53. The molecular weight excluding hydrogens is 178 g/mol. The van der Waals surface area contributed by atoms with Gasteiger partial charge in [0.1, 0.15) is 5.75 Å². The highest BCUT2D eigenvalue weighted by molar-refractivity contribution is 5.97. The Labute approximate surface area is 83.1 Å². The number of ether oxygens (including phenoxy) is 1. The molecule has 0 saturated carbocycles. The summed E-state index contributed by atoms with van der Waals surface area (Å²) in [6.07, 6.45) is 0.351. The number of carbonyl (C=O) groups excluding carboxylic acids is 1. The first-order valence-electron chi connectivity index (χ1n) is 4.79. The smallest absolute Gasteiger partial charge is 0.265 e. The number of hydrogen-bond acceptors (Lipinski definition) is 2. The summed E-state index contributed by atoms with van der Waals surface area (Å²) >= 11 is 0. The topological polar surface area (TPSA) is 38.3 Å². The Morgan fingerprint density at radius 1 is 1.50 bits per heavy atom. The van der Waals surface area contributed by atoms with E-state index in [1.807, 2.05) is 32.0 Å². The van der Waals surface area contributed by atoms with Crippen molar-refractivity contribution < 1.29 is 9.53 Å². The maximum absolute atomic E-state index is 11.5. The van der Waals surface area contributed by atoms with Crippen LogP contribution in [0.1, 0.15) is 18.9 Å². The van der Waals surface area contributed by atoms with Crippen LogP contribution >= 0.6 is 0 Å². The number of nitrogens with one attached hydrogen (secondary N) is 1. The van der Waals surface area contributed by atoms with E-state index in [1.165, 1.54) is 0 Å². The molecule has 14 heavy (non-hydrogen) atoms. The molecule has 2 rings (SSSR count). The minimum Gasteiger partial charge on any atom is -0.478 e. The van der Waals surface area contributed by atoms with Gasteiger partial charge in [0.15, 0.2) is 6.10 Å². The number of carbonyl (C=O) groups is 1. The standard InChI is InChI=1S/C11H13NO2/c1-3-9-11(13)12-8-6-7(2)4-5-10(8)14-9/h4-6,9H,3H2,1-2H3,(H,12,13). The minimum absolute atomic E-state index is 0.0504. The molecule has 0 radical (unpaired) electrons. The Bertz CT molecular complexity index is 374. The quantitative estimate of drug-likeness (QED) is 0.738. The lowest BCUT2D eigenvalue weighted by molar-refractivity contribution is -0.123. The summed E-state index contributed by atoms with van der Waals surface area (Å²) in [5, 5.41) is 2.84. The van der Waals surface area contributed by atoms with E-state index in [0.717, 1.165) is 17.0 Å². The third kappa shape index (κ3) is 1.45. The molecule has 0 spiro atoms. The Balaban J connectivity index is 2.35. The number of rotatable bonds is 1. The third-order valence-electron chi connectivity index (χ3n) is 2.33. The molecule has 0 aliphatic carbocycles. The number of benzene rings is 1. The van der Waals surface area contributed by atoms with Crippen LogP contribution in [0.2, 0.25) is 0 Å². The number of amides is 1. The van der Waals surface area contributed by atoms with Crippen molar-refractivity contribution in [1.29, 1.82) is 0 Å². The van der Waals surface area contributed by atoms with E-state index in [1.54, 1.807) is 0 Å². The van der Waals surface area contributed by atoms with Gasteiger partial charge in [-0.15, -0.1) is 0 Å². The molecule has 1 aromatic rings. The molecule has 1 aliphatic heterocycles. The molecule has 1 aromatic carbocycles. The fourth-order valence-corrected chi connectivity index (χ4v) is 1.53. The first kappa shape index (κ1) is 9.06. The number of fused-ring (bicyclic) bond motifs is 1. The van der Waals surface area contributed by atoms with E-state index in [-0.39, 0.29) is 12.0 Å². The van der Waals surface area contributed by atoms with Crippen molar-refractivity contribution in [2.24, 2.45) is 0 Å². The van der Waals surface area contributed by atoms with Gasteiger partial charge in [0.25, 0.3) is 5.91 Å². The Hall–Kier alpha value is -1.51. The van der Waals surface area contributed by atoms with Crippen LogP contribution in [-0.4, -0.2) is 12.0 Å². The van der Waals surface area contributed by atoms with Crippen molar-refractivity contribution in [2.45, 2.75) is 26.4 Å². The maximum Gasteiger partial charge on any atom is 0.265 e. The summed E-state index contributed by atoms with van der Waals surface area (Å²) in [5.41, 5.74) is 1.89. The van der Waals surface area contributed by atoms with E-state index in [4.69, 9.17) is 4.74 Å². The second kappa shape index (κ2) is 3.33. The maximum atomic E-state index is 11.5. The molecule has 1 heterocycles. The molecule has 0 fully saturated rings. The molecule has 0 saturated heterocycles. The molecule has 1 atom stereocenters. The van der Waals surface area contributed by atoms with Gasteiger partial charge in [0, 0.05) is 0 Å². The summed E-state index contributed by atoms with van der Waals surface area (Å²) in [6.45, 7) is 3.92. The van der Waals surface area contributed by atoms with Crippen LogP contribution in [0.15, 0.2) is 18.2 Å². The van der Waals surface area contributed by atoms with E-state index < -0.39 is 0 Å². The van der Waals surface area contributed by atoms with Gasteiger partial charge >= 0.3 is 0 Å². The van der Waals surface area contributed by atoms with Crippen molar-refractivity contribution in [3.8, 4) is 5.75 Å². The van der Waals surface area contributed by atoms with Crippen LogP contribution in [0.3, 0.4) is 0 Å². The van der Waals surface area contributed by atoms with Crippen molar-refractivity contribution in [3.05, 3.63) is 23.8 Å². The number of hydrogen-bond donors (Lipinski definition) is 1. The van der Waals surface area contributed by atoms with Gasteiger partial charge in [0.2, 0.25) is 0 Å².